The lowest BCUT2D eigenvalue weighted by Gasteiger charge is -2.27. The van der Waals surface area contributed by atoms with Crippen LogP contribution in [0.3, 0.4) is 0 Å². The minimum Gasteiger partial charge on any atom is -0.378 e. The van der Waals surface area contributed by atoms with E-state index in [9.17, 15) is 18.0 Å². The van der Waals surface area contributed by atoms with E-state index >= 15 is 0 Å². The van der Waals surface area contributed by atoms with E-state index in [0.717, 1.165) is 6.07 Å². The van der Waals surface area contributed by atoms with E-state index in [1.54, 1.807) is 4.90 Å². The van der Waals surface area contributed by atoms with Crippen LogP contribution in [-0.2, 0) is 15.7 Å². The molecule has 0 aromatic heterocycles. The van der Waals surface area contributed by atoms with Crippen molar-refractivity contribution in [2.75, 3.05) is 38.2 Å². The highest BCUT2D eigenvalue weighted by Gasteiger charge is 2.33. The van der Waals surface area contributed by atoms with Crippen molar-refractivity contribution in [3.63, 3.8) is 0 Å². The minimum absolute atomic E-state index is 0.0818. The highest BCUT2D eigenvalue weighted by atomic mass is 19.4. The third kappa shape index (κ3) is 3.63. The molecule has 110 valence electrons. The normalized spacial score (nSPS) is 16.1. The minimum atomic E-state index is -4.44. The highest BCUT2D eigenvalue weighted by molar-refractivity contribution is 5.81. The molecule has 4 nitrogen and oxygen atoms in total. The summed E-state index contributed by atoms with van der Waals surface area (Å²) >= 11 is 0. The molecule has 1 saturated heterocycles. The average molecular weight is 288 g/mol. The van der Waals surface area contributed by atoms with Crippen LogP contribution in [-0.4, -0.2) is 43.7 Å². The number of ether oxygens (including phenoxy) is 1. The standard InChI is InChI=1S/C13H15F3N2O2/c14-13(15,16)10-3-1-2-4-11(10)17-9-12(19)18-5-7-20-8-6-18/h1-4,17H,5-9H2. The van der Waals surface area contributed by atoms with Crippen LogP contribution in [0.1, 0.15) is 5.56 Å². The maximum absolute atomic E-state index is 12.8. The number of rotatable bonds is 3. The van der Waals surface area contributed by atoms with Gasteiger partial charge in [-0.25, -0.2) is 0 Å². The Hall–Kier alpha value is -1.76. The Morgan fingerprint density at radius 2 is 1.90 bits per heavy atom. The van der Waals surface area contributed by atoms with Crippen LogP contribution in [0.15, 0.2) is 24.3 Å². The second kappa shape index (κ2) is 6.13. The summed E-state index contributed by atoms with van der Waals surface area (Å²) in [5.74, 6) is -0.231. The Balaban J connectivity index is 1.98. The predicted octanol–water partition coefficient (Wildman–Crippen LogP) is 1.98. The monoisotopic (exact) mass is 288 g/mol. The molecule has 7 heteroatoms. The van der Waals surface area contributed by atoms with E-state index in [1.807, 2.05) is 0 Å². The zero-order valence-corrected chi connectivity index (χ0v) is 10.7. The molecule has 1 aliphatic rings. The molecule has 1 fully saturated rings. The highest BCUT2D eigenvalue weighted by Crippen LogP contribution is 2.34. The van der Waals surface area contributed by atoms with Gasteiger partial charge in [-0.3, -0.25) is 4.79 Å². The van der Waals surface area contributed by atoms with Gasteiger partial charge in [-0.2, -0.15) is 13.2 Å². The van der Waals surface area contributed by atoms with E-state index < -0.39 is 11.7 Å². The Morgan fingerprint density at radius 3 is 2.55 bits per heavy atom. The van der Waals surface area contributed by atoms with E-state index in [2.05, 4.69) is 5.32 Å². The van der Waals surface area contributed by atoms with Gasteiger partial charge < -0.3 is 15.0 Å². The molecular weight excluding hydrogens is 273 g/mol. The van der Waals surface area contributed by atoms with Crippen molar-refractivity contribution in [3.05, 3.63) is 29.8 Å². The Morgan fingerprint density at radius 1 is 1.25 bits per heavy atom. The summed E-state index contributed by atoms with van der Waals surface area (Å²) in [6.45, 7) is 1.71. The summed E-state index contributed by atoms with van der Waals surface area (Å²) in [4.78, 5) is 13.4. The third-order valence-corrected chi connectivity index (χ3v) is 3.03. The number of para-hydroxylation sites is 1. The molecule has 1 aliphatic heterocycles. The van der Waals surface area contributed by atoms with Gasteiger partial charge in [0, 0.05) is 18.8 Å². The fraction of sp³-hybridized carbons (Fsp3) is 0.462. The molecular formula is C13H15F3N2O2. The Kier molecular flexibility index (Phi) is 4.49. The van der Waals surface area contributed by atoms with Crippen LogP contribution in [0.5, 0.6) is 0 Å². The van der Waals surface area contributed by atoms with Crippen molar-refractivity contribution in [3.8, 4) is 0 Å². The van der Waals surface area contributed by atoms with Gasteiger partial charge in [-0.05, 0) is 12.1 Å². The zero-order valence-electron chi connectivity index (χ0n) is 10.7. The van der Waals surface area contributed by atoms with Crippen LogP contribution < -0.4 is 5.32 Å². The van der Waals surface area contributed by atoms with Gasteiger partial charge in [-0.1, -0.05) is 12.1 Å². The zero-order chi connectivity index (χ0) is 14.6. The quantitative estimate of drug-likeness (QED) is 0.924. The molecule has 1 N–H and O–H groups in total. The first-order chi connectivity index (χ1) is 9.48. The topological polar surface area (TPSA) is 41.6 Å². The summed E-state index contributed by atoms with van der Waals surface area (Å²) in [6.07, 6.45) is -4.44. The molecule has 0 spiro atoms. The number of hydrogen-bond acceptors (Lipinski definition) is 3. The molecule has 0 atom stereocenters. The van der Waals surface area contributed by atoms with Crippen LogP contribution in [0.25, 0.3) is 0 Å². The molecule has 0 saturated carbocycles. The molecule has 1 aromatic carbocycles. The van der Waals surface area contributed by atoms with E-state index in [0.29, 0.717) is 26.3 Å². The Bertz CT molecular complexity index is 471. The second-order valence-corrected chi connectivity index (χ2v) is 4.39. The van der Waals surface area contributed by atoms with E-state index in [1.165, 1.54) is 18.2 Å². The van der Waals surface area contributed by atoms with E-state index in [-0.39, 0.29) is 18.1 Å². The number of carbonyl (C=O) groups excluding carboxylic acids is 1. The van der Waals surface area contributed by atoms with Gasteiger partial charge >= 0.3 is 6.18 Å². The average Bonchev–Trinajstić information content (AvgIpc) is 2.45. The molecule has 1 heterocycles. The number of amides is 1. The van der Waals surface area contributed by atoms with Crippen molar-refractivity contribution in [1.29, 1.82) is 0 Å². The number of benzene rings is 1. The molecule has 0 bridgehead atoms. The lowest BCUT2D eigenvalue weighted by atomic mass is 10.1. The first kappa shape index (κ1) is 14.6. The number of halogens is 3. The molecule has 0 aliphatic carbocycles. The third-order valence-electron chi connectivity index (χ3n) is 3.03. The summed E-state index contributed by atoms with van der Waals surface area (Å²) in [6, 6.07) is 5.12. The van der Waals surface area contributed by atoms with Gasteiger partial charge in [0.1, 0.15) is 0 Å². The summed E-state index contributed by atoms with van der Waals surface area (Å²) in [7, 11) is 0. The summed E-state index contributed by atoms with van der Waals surface area (Å²) in [5.41, 5.74) is -0.851. The number of alkyl halides is 3. The molecule has 20 heavy (non-hydrogen) atoms. The Labute approximate surface area is 114 Å². The molecule has 1 amide bonds. The van der Waals surface area contributed by atoms with E-state index in [4.69, 9.17) is 4.74 Å². The lowest BCUT2D eigenvalue weighted by Crippen LogP contribution is -2.43. The summed E-state index contributed by atoms with van der Waals surface area (Å²) < 4.78 is 43.4. The molecule has 1 aromatic rings. The van der Waals surface area contributed by atoms with Crippen LogP contribution in [0.4, 0.5) is 18.9 Å². The largest absolute Gasteiger partial charge is 0.418 e. The second-order valence-electron chi connectivity index (χ2n) is 4.39. The number of morpholine rings is 1. The SMILES string of the molecule is O=C(CNc1ccccc1C(F)(F)F)N1CCOCC1. The predicted molar refractivity (Wildman–Crippen MR) is 67.3 cm³/mol. The number of carbonyl (C=O) groups is 1. The van der Waals surface area contributed by atoms with Gasteiger partial charge in [0.25, 0.3) is 0 Å². The van der Waals surface area contributed by atoms with Gasteiger partial charge in [0.2, 0.25) is 5.91 Å². The van der Waals surface area contributed by atoms with Crippen LogP contribution >= 0.6 is 0 Å². The lowest BCUT2D eigenvalue weighted by molar-refractivity contribution is -0.137. The maximum atomic E-state index is 12.8. The van der Waals surface area contributed by atoms with Crippen molar-refractivity contribution < 1.29 is 22.7 Å². The van der Waals surface area contributed by atoms with Crippen molar-refractivity contribution in [2.45, 2.75) is 6.18 Å². The molecule has 0 unspecified atom stereocenters. The van der Waals surface area contributed by atoms with Crippen molar-refractivity contribution >= 4 is 11.6 Å². The maximum Gasteiger partial charge on any atom is 0.418 e. The van der Waals surface area contributed by atoms with Crippen LogP contribution in [0.2, 0.25) is 0 Å². The van der Waals surface area contributed by atoms with Crippen LogP contribution in [0, 0.1) is 0 Å². The smallest absolute Gasteiger partial charge is 0.378 e. The van der Waals surface area contributed by atoms with Crippen molar-refractivity contribution in [1.82, 2.24) is 4.90 Å². The summed E-state index contributed by atoms with van der Waals surface area (Å²) in [5, 5.41) is 2.56. The molecule has 2 rings (SSSR count). The number of anilines is 1. The van der Waals surface area contributed by atoms with Gasteiger partial charge in [0.15, 0.2) is 0 Å². The first-order valence-corrected chi connectivity index (χ1v) is 6.24. The fourth-order valence-electron chi connectivity index (χ4n) is 1.98. The number of hydrogen-bond donors (Lipinski definition) is 1. The number of nitrogens with one attached hydrogen (secondary N) is 1. The first-order valence-electron chi connectivity index (χ1n) is 6.24. The molecule has 0 radical (unpaired) electrons. The van der Waals surface area contributed by atoms with Gasteiger partial charge in [-0.15, -0.1) is 0 Å². The van der Waals surface area contributed by atoms with Crippen molar-refractivity contribution in [2.24, 2.45) is 0 Å². The van der Waals surface area contributed by atoms with Gasteiger partial charge in [0.05, 0.1) is 25.3 Å². The number of nitrogens with zero attached hydrogens (tertiary/aromatic N) is 1. The fourth-order valence-corrected chi connectivity index (χ4v) is 1.98.